The molecule has 1 fully saturated rings. The normalized spacial score (nSPS) is 20.4. The van der Waals surface area contributed by atoms with Gasteiger partial charge in [0, 0.05) is 0 Å². The fourth-order valence-electron chi connectivity index (χ4n) is 1.13. The highest BCUT2D eigenvalue weighted by Crippen LogP contribution is 2.18. The van der Waals surface area contributed by atoms with E-state index in [1.165, 1.54) is 0 Å². The summed E-state index contributed by atoms with van der Waals surface area (Å²) < 4.78 is 0. The average Bonchev–Trinajstić information content (AvgIpc) is 1.88. The summed E-state index contributed by atoms with van der Waals surface area (Å²) in [6, 6.07) is 0. The maximum atomic E-state index is 9.84. The molecule has 4 heteroatoms. The fraction of sp³-hybridized carbons (Fsp3) is 0.833. The summed E-state index contributed by atoms with van der Waals surface area (Å²) in [5, 5.41) is 9.13. The Morgan fingerprint density at radius 2 is 2.50 bits per heavy atom. The van der Waals surface area contributed by atoms with Gasteiger partial charge in [0.2, 0.25) is 0 Å². The van der Waals surface area contributed by atoms with Crippen LogP contribution in [0.3, 0.4) is 0 Å². The third kappa shape index (κ3) is 2.21. The van der Waals surface area contributed by atoms with Gasteiger partial charge in [-0.15, -0.1) is 10.1 Å². The molecule has 57 valence electrons. The van der Waals surface area contributed by atoms with E-state index >= 15 is 0 Å². The van der Waals surface area contributed by atoms with Crippen molar-refractivity contribution in [1.29, 1.82) is 0 Å². The molecule has 0 spiro atoms. The highest BCUT2D eigenvalue weighted by atomic mass is 17.0. The maximum Gasteiger partial charge on any atom is 0.294 e. The third-order valence-electron chi connectivity index (χ3n) is 1.60. The van der Waals surface area contributed by atoms with Crippen molar-refractivity contribution in [2.24, 2.45) is 0 Å². The summed E-state index contributed by atoms with van der Waals surface area (Å²) in [5.74, 6) is 0. The minimum absolute atomic E-state index is 0.177. The Hall–Kier alpha value is -0.800. The van der Waals surface area contributed by atoms with E-state index in [2.05, 4.69) is 4.84 Å². The molecule has 1 saturated carbocycles. The van der Waals surface area contributed by atoms with Gasteiger partial charge in [0.25, 0.3) is 5.09 Å². The van der Waals surface area contributed by atoms with E-state index in [1.807, 2.05) is 6.42 Å². The van der Waals surface area contributed by atoms with Crippen LogP contribution in [-0.2, 0) is 4.84 Å². The zero-order valence-corrected chi connectivity index (χ0v) is 5.66. The molecule has 0 bridgehead atoms. The molecule has 1 atom stereocenters. The molecule has 4 nitrogen and oxygen atoms in total. The van der Waals surface area contributed by atoms with E-state index in [1.54, 1.807) is 0 Å². The number of hydrogen-bond acceptors (Lipinski definition) is 3. The van der Waals surface area contributed by atoms with Crippen molar-refractivity contribution >= 4 is 0 Å². The van der Waals surface area contributed by atoms with Crippen LogP contribution in [-0.4, -0.2) is 11.2 Å². The van der Waals surface area contributed by atoms with Crippen LogP contribution in [0.15, 0.2) is 0 Å². The standard InChI is InChI=1S/C6H10NO3/c8-7(9)10-6-4-2-1-3-5-6/h2,6H,1,3-5H2. The van der Waals surface area contributed by atoms with E-state index in [-0.39, 0.29) is 6.10 Å². The second kappa shape index (κ2) is 3.39. The lowest BCUT2D eigenvalue weighted by molar-refractivity contribution is -0.769. The first kappa shape index (κ1) is 7.31. The Morgan fingerprint density at radius 3 is 3.00 bits per heavy atom. The lowest BCUT2D eigenvalue weighted by Crippen LogP contribution is -2.19. The summed E-state index contributed by atoms with van der Waals surface area (Å²) in [7, 11) is 0. The first-order valence-electron chi connectivity index (χ1n) is 3.42. The lowest BCUT2D eigenvalue weighted by Gasteiger charge is -2.18. The Labute approximate surface area is 59.3 Å². The second-order valence-corrected chi connectivity index (χ2v) is 2.41. The SMILES string of the molecule is O=[N+]([O-])OC1C[CH]CCC1. The Kier molecular flexibility index (Phi) is 2.48. The smallest absolute Gasteiger partial charge is 0.294 e. The van der Waals surface area contributed by atoms with Gasteiger partial charge in [0.05, 0.1) is 0 Å². The topological polar surface area (TPSA) is 52.4 Å². The second-order valence-electron chi connectivity index (χ2n) is 2.41. The highest BCUT2D eigenvalue weighted by Gasteiger charge is 2.16. The van der Waals surface area contributed by atoms with Gasteiger partial charge in [-0.25, -0.2) is 0 Å². The van der Waals surface area contributed by atoms with Crippen LogP contribution in [0.2, 0.25) is 0 Å². The molecule has 0 aromatic heterocycles. The van der Waals surface area contributed by atoms with Crippen molar-refractivity contribution in [3.8, 4) is 0 Å². The minimum Gasteiger partial charge on any atom is -0.311 e. The van der Waals surface area contributed by atoms with E-state index in [9.17, 15) is 10.1 Å². The Bertz CT molecular complexity index is 120. The van der Waals surface area contributed by atoms with Gasteiger partial charge in [0.1, 0.15) is 6.10 Å². The molecule has 0 heterocycles. The van der Waals surface area contributed by atoms with Crippen molar-refractivity contribution < 1.29 is 9.92 Å². The number of nitrogens with zero attached hydrogens (tertiary/aromatic N) is 1. The molecule has 0 aromatic carbocycles. The van der Waals surface area contributed by atoms with Crippen LogP contribution in [0.4, 0.5) is 0 Å². The van der Waals surface area contributed by atoms with Crippen molar-refractivity contribution in [3.05, 3.63) is 16.5 Å². The van der Waals surface area contributed by atoms with Gasteiger partial charge >= 0.3 is 0 Å². The molecule has 1 aliphatic carbocycles. The third-order valence-corrected chi connectivity index (χ3v) is 1.60. The predicted molar refractivity (Wildman–Crippen MR) is 34.6 cm³/mol. The van der Waals surface area contributed by atoms with Crippen molar-refractivity contribution in [3.63, 3.8) is 0 Å². The van der Waals surface area contributed by atoms with E-state index in [4.69, 9.17) is 0 Å². The van der Waals surface area contributed by atoms with Crippen LogP contribution in [0.25, 0.3) is 0 Å². The van der Waals surface area contributed by atoms with Crippen LogP contribution < -0.4 is 0 Å². The molecule has 0 N–H and O–H groups in total. The molecule has 1 radical (unpaired) electrons. The Balaban J connectivity index is 2.19. The van der Waals surface area contributed by atoms with Gasteiger partial charge in [-0.2, -0.15) is 0 Å². The number of hydrogen-bond donors (Lipinski definition) is 0. The summed E-state index contributed by atoms with van der Waals surface area (Å²) in [6.07, 6.45) is 5.48. The number of rotatable bonds is 2. The minimum atomic E-state index is -0.705. The monoisotopic (exact) mass is 144 g/mol. The summed E-state index contributed by atoms with van der Waals surface area (Å²) in [4.78, 5) is 14.2. The average molecular weight is 144 g/mol. The fourth-order valence-corrected chi connectivity index (χ4v) is 1.13. The van der Waals surface area contributed by atoms with E-state index in [0.29, 0.717) is 0 Å². The van der Waals surface area contributed by atoms with Crippen molar-refractivity contribution in [1.82, 2.24) is 0 Å². The molecule has 1 unspecified atom stereocenters. The van der Waals surface area contributed by atoms with Crippen LogP contribution >= 0.6 is 0 Å². The van der Waals surface area contributed by atoms with Gasteiger partial charge in [-0.3, -0.25) is 0 Å². The van der Waals surface area contributed by atoms with Gasteiger partial charge < -0.3 is 4.84 Å². The molecule has 10 heavy (non-hydrogen) atoms. The van der Waals surface area contributed by atoms with Crippen LogP contribution in [0, 0.1) is 16.5 Å². The lowest BCUT2D eigenvalue weighted by atomic mass is 9.98. The molecule has 1 rings (SSSR count). The summed E-state index contributed by atoms with van der Waals surface area (Å²) >= 11 is 0. The molecular weight excluding hydrogens is 134 g/mol. The first-order valence-corrected chi connectivity index (χ1v) is 3.42. The molecule has 0 aromatic rings. The van der Waals surface area contributed by atoms with E-state index < -0.39 is 5.09 Å². The van der Waals surface area contributed by atoms with E-state index in [0.717, 1.165) is 25.7 Å². The van der Waals surface area contributed by atoms with Gasteiger partial charge in [-0.1, -0.05) is 12.8 Å². The molecule has 1 aliphatic rings. The molecule has 0 amide bonds. The van der Waals surface area contributed by atoms with Crippen LogP contribution in [0.1, 0.15) is 25.7 Å². The summed E-state index contributed by atoms with van der Waals surface area (Å²) in [6.45, 7) is 0. The molecule has 0 aliphatic heterocycles. The first-order chi connectivity index (χ1) is 4.79. The largest absolute Gasteiger partial charge is 0.311 e. The Morgan fingerprint density at radius 1 is 1.70 bits per heavy atom. The van der Waals surface area contributed by atoms with Crippen LogP contribution in [0.5, 0.6) is 0 Å². The molecule has 0 saturated heterocycles. The zero-order chi connectivity index (χ0) is 7.40. The predicted octanol–water partition coefficient (Wildman–Crippen LogP) is 1.34. The maximum absolute atomic E-state index is 9.84. The highest BCUT2D eigenvalue weighted by molar-refractivity contribution is 4.76. The molecular formula is C6H10NO3. The quantitative estimate of drug-likeness (QED) is 0.434. The zero-order valence-electron chi connectivity index (χ0n) is 5.66. The van der Waals surface area contributed by atoms with Crippen molar-refractivity contribution in [2.45, 2.75) is 31.8 Å². The van der Waals surface area contributed by atoms with Crippen molar-refractivity contribution in [2.75, 3.05) is 0 Å². The van der Waals surface area contributed by atoms with Gasteiger partial charge in [-0.05, 0) is 19.3 Å². The van der Waals surface area contributed by atoms with Gasteiger partial charge in [0.15, 0.2) is 0 Å². The summed E-state index contributed by atoms with van der Waals surface area (Å²) in [5.41, 5.74) is 0.